The predicted molar refractivity (Wildman–Crippen MR) is 93.7 cm³/mol. The normalized spacial score (nSPS) is 21.7. The third-order valence-electron chi connectivity index (χ3n) is 4.49. The van der Waals surface area contributed by atoms with Crippen LogP contribution in [-0.2, 0) is 10.3 Å². The van der Waals surface area contributed by atoms with E-state index >= 15 is 0 Å². The Hall–Kier alpha value is -2.87. The summed E-state index contributed by atoms with van der Waals surface area (Å²) < 4.78 is 11.0. The molecule has 3 heterocycles. The molecule has 7 nitrogen and oxygen atoms in total. The lowest BCUT2D eigenvalue weighted by Gasteiger charge is -2.25. The van der Waals surface area contributed by atoms with Gasteiger partial charge in [0, 0.05) is 0 Å². The highest BCUT2D eigenvalue weighted by molar-refractivity contribution is 7.12. The maximum Gasteiger partial charge on any atom is 0.325 e. The van der Waals surface area contributed by atoms with Gasteiger partial charge in [-0.3, -0.25) is 14.5 Å². The van der Waals surface area contributed by atoms with Crippen LogP contribution in [0.2, 0.25) is 0 Å². The Labute approximate surface area is 153 Å². The minimum atomic E-state index is -1.26. The lowest BCUT2D eigenvalue weighted by Crippen LogP contribution is -2.41. The van der Waals surface area contributed by atoms with E-state index in [2.05, 4.69) is 5.32 Å². The minimum Gasteiger partial charge on any atom is -0.486 e. The molecule has 0 radical (unpaired) electrons. The fourth-order valence-corrected chi connectivity index (χ4v) is 3.71. The first-order chi connectivity index (χ1) is 12.5. The van der Waals surface area contributed by atoms with E-state index in [1.807, 2.05) is 0 Å². The van der Waals surface area contributed by atoms with Crippen LogP contribution in [0, 0.1) is 0 Å². The molecule has 26 heavy (non-hydrogen) atoms. The molecule has 0 spiro atoms. The van der Waals surface area contributed by atoms with Crippen molar-refractivity contribution in [2.45, 2.75) is 12.5 Å². The molecule has 8 heteroatoms. The van der Waals surface area contributed by atoms with Gasteiger partial charge in [0.15, 0.2) is 17.3 Å². The Kier molecular flexibility index (Phi) is 3.91. The van der Waals surface area contributed by atoms with Crippen molar-refractivity contribution < 1.29 is 23.9 Å². The first-order valence-electron chi connectivity index (χ1n) is 8.10. The van der Waals surface area contributed by atoms with Crippen LogP contribution < -0.4 is 14.8 Å². The Balaban J connectivity index is 1.60. The van der Waals surface area contributed by atoms with Gasteiger partial charge in [-0.15, -0.1) is 11.3 Å². The van der Waals surface area contributed by atoms with E-state index in [1.165, 1.54) is 11.3 Å². The summed E-state index contributed by atoms with van der Waals surface area (Å²) in [6.07, 6.45) is 0. The van der Waals surface area contributed by atoms with Crippen LogP contribution in [0.5, 0.6) is 11.5 Å². The Bertz CT molecular complexity index is 895. The van der Waals surface area contributed by atoms with Crippen LogP contribution in [0.1, 0.15) is 22.2 Å². The second kappa shape index (κ2) is 6.14. The van der Waals surface area contributed by atoms with Gasteiger partial charge >= 0.3 is 6.03 Å². The van der Waals surface area contributed by atoms with Gasteiger partial charge in [0.25, 0.3) is 5.91 Å². The smallest absolute Gasteiger partial charge is 0.325 e. The monoisotopic (exact) mass is 372 g/mol. The van der Waals surface area contributed by atoms with Crippen LogP contribution >= 0.6 is 11.3 Å². The van der Waals surface area contributed by atoms with E-state index in [9.17, 15) is 14.4 Å². The number of hydrogen-bond acceptors (Lipinski definition) is 6. The molecule has 1 aromatic carbocycles. The number of thiophene rings is 1. The predicted octanol–water partition coefficient (Wildman–Crippen LogP) is 2.17. The Morgan fingerprint density at radius 1 is 1.23 bits per heavy atom. The zero-order chi connectivity index (χ0) is 18.3. The molecule has 134 valence electrons. The van der Waals surface area contributed by atoms with Crippen molar-refractivity contribution in [3.63, 3.8) is 0 Å². The van der Waals surface area contributed by atoms with Gasteiger partial charge in [-0.25, -0.2) is 4.79 Å². The quantitative estimate of drug-likeness (QED) is 0.657. The zero-order valence-corrected chi connectivity index (χ0v) is 14.8. The fourth-order valence-electron chi connectivity index (χ4n) is 3.05. The summed E-state index contributed by atoms with van der Waals surface area (Å²) >= 11 is 1.28. The van der Waals surface area contributed by atoms with Gasteiger partial charge in [-0.2, -0.15) is 0 Å². The summed E-state index contributed by atoms with van der Waals surface area (Å²) in [6, 6.07) is 7.97. The molecule has 1 atom stereocenters. The largest absolute Gasteiger partial charge is 0.486 e. The van der Waals surface area contributed by atoms with E-state index in [-0.39, 0.29) is 12.3 Å². The highest BCUT2D eigenvalue weighted by Gasteiger charge is 2.49. The van der Waals surface area contributed by atoms with E-state index in [0.29, 0.717) is 35.2 Å². The number of nitrogens with zero attached hydrogens (tertiary/aromatic N) is 1. The van der Waals surface area contributed by atoms with Gasteiger partial charge in [0.1, 0.15) is 18.8 Å². The first-order valence-corrected chi connectivity index (χ1v) is 8.98. The molecule has 1 aromatic heterocycles. The van der Waals surface area contributed by atoms with Crippen LogP contribution in [0.3, 0.4) is 0 Å². The molecule has 1 fully saturated rings. The number of urea groups is 1. The van der Waals surface area contributed by atoms with Gasteiger partial charge in [0.05, 0.1) is 11.4 Å². The van der Waals surface area contributed by atoms with Crippen LogP contribution in [0.15, 0.2) is 35.7 Å². The molecule has 0 unspecified atom stereocenters. The molecule has 1 saturated heterocycles. The summed E-state index contributed by atoms with van der Waals surface area (Å²) in [7, 11) is 0. The number of ketones is 1. The number of fused-ring (bicyclic) bond motifs is 1. The van der Waals surface area contributed by atoms with E-state index in [0.717, 1.165) is 4.90 Å². The average Bonchev–Trinajstić information content (AvgIpc) is 3.25. The lowest BCUT2D eigenvalue weighted by atomic mass is 9.91. The summed E-state index contributed by atoms with van der Waals surface area (Å²) in [5, 5.41) is 4.47. The SMILES string of the molecule is C[C@]1(c2ccc3c(c2)OCCO3)NC(=O)N(CC(=O)c2cccs2)C1=O. The zero-order valence-electron chi connectivity index (χ0n) is 14.0. The summed E-state index contributed by atoms with van der Waals surface area (Å²) in [5.41, 5.74) is -0.686. The number of rotatable bonds is 4. The number of ether oxygens (including phenoxy) is 2. The van der Waals surface area contributed by atoms with Crippen LogP contribution in [-0.4, -0.2) is 42.4 Å². The first kappa shape index (κ1) is 16.6. The number of carbonyl (C=O) groups is 3. The van der Waals surface area contributed by atoms with Gasteiger partial charge < -0.3 is 14.8 Å². The molecule has 0 saturated carbocycles. The molecule has 2 aromatic rings. The fraction of sp³-hybridized carbons (Fsp3) is 0.278. The van der Waals surface area contributed by atoms with Crippen molar-refractivity contribution in [3.8, 4) is 11.5 Å². The van der Waals surface area contributed by atoms with Gasteiger partial charge in [-0.1, -0.05) is 12.1 Å². The van der Waals surface area contributed by atoms with Crippen molar-refractivity contribution in [1.29, 1.82) is 0 Å². The molecular formula is C18H16N2O5S. The number of hydrogen-bond donors (Lipinski definition) is 1. The molecule has 3 amide bonds. The highest BCUT2D eigenvalue weighted by Crippen LogP contribution is 2.36. The number of Topliss-reactive ketones (excluding diaryl/α,β-unsaturated/α-hetero) is 1. The summed E-state index contributed by atoms with van der Waals surface area (Å²) in [4.78, 5) is 39.1. The maximum atomic E-state index is 12.9. The number of carbonyl (C=O) groups excluding carboxylic acids is 3. The van der Waals surface area contributed by atoms with Crippen LogP contribution in [0.25, 0.3) is 0 Å². The van der Waals surface area contributed by atoms with Crippen LogP contribution in [0.4, 0.5) is 4.79 Å². The third kappa shape index (κ3) is 2.62. The van der Waals surface area contributed by atoms with Gasteiger partial charge in [-0.05, 0) is 36.1 Å². The van der Waals surface area contributed by atoms with Crippen molar-refractivity contribution in [3.05, 3.63) is 46.2 Å². The summed E-state index contributed by atoms with van der Waals surface area (Å²) in [6.45, 7) is 2.23. The lowest BCUT2D eigenvalue weighted by molar-refractivity contribution is -0.130. The van der Waals surface area contributed by atoms with Gasteiger partial charge in [0.2, 0.25) is 0 Å². The van der Waals surface area contributed by atoms with E-state index in [1.54, 1.807) is 42.6 Å². The van der Waals surface area contributed by atoms with Crippen molar-refractivity contribution in [2.75, 3.05) is 19.8 Å². The minimum absolute atomic E-state index is 0.269. The summed E-state index contributed by atoms with van der Waals surface area (Å²) in [5.74, 6) is 0.397. The second-order valence-corrected chi connectivity index (χ2v) is 7.15. The van der Waals surface area contributed by atoms with Crippen molar-refractivity contribution in [2.24, 2.45) is 0 Å². The highest BCUT2D eigenvalue weighted by atomic mass is 32.1. The average molecular weight is 372 g/mol. The molecule has 0 bridgehead atoms. The van der Waals surface area contributed by atoms with E-state index < -0.39 is 17.5 Å². The topological polar surface area (TPSA) is 84.9 Å². The number of benzene rings is 1. The number of amides is 3. The standard InChI is InChI=1S/C18H16N2O5S/c1-18(11-4-5-13-14(9-11)25-7-6-24-13)16(22)20(17(23)19-18)10-12(21)15-3-2-8-26-15/h2-5,8-9H,6-7,10H2,1H3,(H,19,23)/t18-/m1/s1. The maximum absolute atomic E-state index is 12.9. The van der Waals surface area contributed by atoms with Crippen molar-refractivity contribution >= 4 is 29.1 Å². The molecule has 1 N–H and O–H groups in total. The van der Waals surface area contributed by atoms with E-state index in [4.69, 9.17) is 9.47 Å². The number of imide groups is 1. The molecule has 2 aliphatic heterocycles. The second-order valence-electron chi connectivity index (χ2n) is 6.21. The Morgan fingerprint density at radius 3 is 2.73 bits per heavy atom. The number of nitrogens with one attached hydrogen (secondary N) is 1. The van der Waals surface area contributed by atoms with Crippen molar-refractivity contribution in [1.82, 2.24) is 10.2 Å². The molecule has 0 aliphatic carbocycles. The third-order valence-corrected chi connectivity index (χ3v) is 5.40. The molecule has 4 rings (SSSR count). The molecule has 2 aliphatic rings. The molecular weight excluding hydrogens is 356 g/mol. The Morgan fingerprint density at radius 2 is 2.00 bits per heavy atom.